The molecule has 0 aromatic carbocycles. The third-order valence-corrected chi connectivity index (χ3v) is 2.76. The molecule has 2 N–H and O–H groups in total. The Balaban J connectivity index is 3.05. The van der Waals surface area contributed by atoms with Crippen LogP contribution in [0.4, 0.5) is 0 Å². The van der Waals surface area contributed by atoms with E-state index in [4.69, 9.17) is 5.11 Å². The molecule has 0 spiro atoms. The molecule has 0 rings (SSSR count). The van der Waals surface area contributed by atoms with Crippen molar-refractivity contribution < 1.29 is 5.11 Å². The van der Waals surface area contributed by atoms with Crippen LogP contribution in [0.1, 0.15) is 39.5 Å². The topological polar surface area (TPSA) is 35.5 Å². The highest BCUT2D eigenvalue weighted by Crippen LogP contribution is 1.95. The van der Waals surface area contributed by atoms with E-state index in [1.54, 1.807) is 0 Å². The lowest BCUT2D eigenvalue weighted by molar-refractivity contribution is 0.269. The summed E-state index contributed by atoms with van der Waals surface area (Å²) >= 11 is 0. The van der Waals surface area contributed by atoms with Gasteiger partial charge in [-0.3, -0.25) is 0 Å². The lowest BCUT2D eigenvalue weighted by Gasteiger charge is -2.20. The highest BCUT2D eigenvalue weighted by molar-refractivity contribution is 4.58. The fraction of sp³-hybridized carbons (Fsp3) is 1.00. The summed E-state index contributed by atoms with van der Waals surface area (Å²) in [6, 6.07) is 0.648. The van der Waals surface area contributed by atoms with Gasteiger partial charge >= 0.3 is 0 Å². The number of nitrogens with one attached hydrogen (secondary N) is 1. The summed E-state index contributed by atoms with van der Waals surface area (Å²) in [4.78, 5) is 2.37. The molecule has 3 heteroatoms. The Bertz CT molecular complexity index is 129. The molecular weight excluding hydrogens is 188 g/mol. The van der Waals surface area contributed by atoms with Crippen molar-refractivity contribution in [3.8, 4) is 0 Å². The van der Waals surface area contributed by atoms with E-state index in [9.17, 15) is 0 Å². The fourth-order valence-corrected chi connectivity index (χ4v) is 1.38. The Morgan fingerprint density at radius 2 is 1.73 bits per heavy atom. The summed E-state index contributed by atoms with van der Waals surface area (Å²) in [5.74, 6) is 0. The maximum atomic E-state index is 8.59. The first-order chi connectivity index (χ1) is 7.18. The average molecular weight is 216 g/mol. The monoisotopic (exact) mass is 216 g/mol. The molecule has 0 aliphatic rings. The summed E-state index contributed by atoms with van der Waals surface area (Å²) in [6.45, 7) is 8.15. The van der Waals surface area contributed by atoms with Crippen LogP contribution in [0.3, 0.4) is 0 Å². The van der Waals surface area contributed by atoms with Gasteiger partial charge in [-0.15, -0.1) is 0 Å². The van der Waals surface area contributed by atoms with Crippen molar-refractivity contribution in [2.45, 2.75) is 45.6 Å². The second kappa shape index (κ2) is 10.4. The first-order valence-electron chi connectivity index (χ1n) is 6.20. The van der Waals surface area contributed by atoms with Crippen molar-refractivity contribution in [1.82, 2.24) is 10.2 Å². The number of unbranched alkanes of at least 4 members (excludes halogenated alkanes) is 2. The zero-order valence-electron chi connectivity index (χ0n) is 10.6. The fourth-order valence-electron chi connectivity index (χ4n) is 1.38. The summed E-state index contributed by atoms with van der Waals surface area (Å²) in [5.41, 5.74) is 0. The van der Waals surface area contributed by atoms with Gasteiger partial charge in [0.15, 0.2) is 0 Å². The highest BCUT2D eigenvalue weighted by Gasteiger charge is 2.01. The van der Waals surface area contributed by atoms with E-state index in [2.05, 4.69) is 31.1 Å². The minimum Gasteiger partial charge on any atom is -0.396 e. The number of rotatable bonds is 10. The summed E-state index contributed by atoms with van der Waals surface area (Å²) in [5, 5.41) is 12.0. The SMILES string of the molecule is CC(C)N(C)CCCNCCCCCO. The molecule has 3 nitrogen and oxygen atoms in total. The lowest BCUT2D eigenvalue weighted by atomic mass is 10.2. The molecule has 0 heterocycles. The van der Waals surface area contributed by atoms with E-state index in [0.29, 0.717) is 12.6 Å². The van der Waals surface area contributed by atoms with Crippen molar-refractivity contribution in [2.24, 2.45) is 0 Å². The molecule has 0 saturated carbocycles. The van der Waals surface area contributed by atoms with E-state index in [1.165, 1.54) is 19.4 Å². The summed E-state index contributed by atoms with van der Waals surface area (Å²) in [6.07, 6.45) is 4.47. The van der Waals surface area contributed by atoms with Crippen LogP contribution in [0.5, 0.6) is 0 Å². The number of aliphatic hydroxyl groups excluding tert-OH is 1. The molecule has 92 valence electrons. The molecule has 0 aromatic rings. The van der Waals surface area contributed by atoms with Crippen LogP contribution in [0.25, 0.3) is 0 Å². The maximum Gasteiger partial charge on any atom is 0.0431 e. The van der Waals surface area contributed by atoms with Crippen LogP contribution in [-0.4, -0.2) is 49.3 Å². The van der Waals surface area contributed by atoms with E-state index in [-0.39, 0.29) is 0 Å². The van der Waals surface area contributed by atoms with Gasteiger partial charge in [0.25, 0.3) is 0 Å². The van der Waals surface area contributed by atoms with Gasteiger partial charge in [0.2, 0.25) is 0 Å². The molecule has 0 radical (unpaired) electrons. The molecule has 0 aliphatic heterocycles. The van der Waals surface area contributed by atoms with Gasteiger partial charge in [0.1, 0.15) is 0 Å². The normalized spacial score (nSPS) is 11.6. The molecule has 0 saturated heterocycles. The quantitative estimate of drug-likeness (QED) is 0.543. The van der Waals surface area contributed by atoms with Gasteiger partial charge in [0, 0.05) is 12.6 Å². The van der Waals surface area contributed by atoms with Gasteiger partial charge in [-0.25, -0.2) is 0 Å². The zero-order valence-corrected chi connectivity index (χ0v) is 10.6. The minimum atomic E-state index is 0.333. The van der Waals surface area contributed by atoms with Gasteiger partial charge in [-0.05, 0) is 66.2 Å². The van der Waals surface area contributed by atoms with E-state index in [0.717, 1.165) is 25.9 Å². The number of hydrogen-bond donors (Lipinski definition) is 2. The van der Waals surface area contributed by atoms with Crippen LogP contribution in [0, 0.1) is 0 Å². The highest BCUT2D eigenvalue weighted by atomic mass is 16.2. The van der Waals surface area contributed by atoms with E-state index >= 15 is 0 Å². The van der Waals surface area contributed by atoms with Gasteiger partial charge in [-0.1, -0.05) is 0 Å². The maximum absolute atomic E-state index is 8.59. The van der Waals surface area contributed by atoms with Crippen LogP contribution in [-0.2, 0) is 0 Å². The van der Waals surface area contributed by atoms with Crippen LogP contribution in [0.2, 0.25) is 0 Å². The number of aliphatic hydroxyl groups is 1. The standard InChI is InChI=1S/C12H28N2O/c1-12(2)14(3)10-7-9-13-8-5-4-6-11-15/h12-13,15H,4-11H2,1-3H3. The Labute approximate surface area is 94.9 Å². The summed E-state index contributed by atoms with van der Waals surface area (Å²) < 4.78 is 0. The molecule has 0 unspecified atom stereocenters. The Morgan fingerprint density at radius 1 is 1.07 bits per heavy atom. The number of nitrogens with zero attached hydrogens (tertiary/aromatic N) is 1. The van der Waals surface area contributed by atoms with Crippen molar-refractivity contribution in [2.75, 3.05) is 33.3 Å². The second-order valence-electron chi connectivity index (χ2n) is 4.46. The largest absolute Gasteiger partial charge is 0.396 e. The first kappa shape index (κ1) is 14.9. The van der Waals surface area contributed by atoms with Crippen LogP contribution < -0.4 is 5.32 Å². The smallest absolute Gasteiger partial charge is 0.0431 e. The zero-order chi connectivity index (χ0) is 11.5. The molecule has 0 atom stereocenters. The number of hydrogen-bond acceptors (Lipinski definition) is 3. The van der Waals surface area contributed by atoms with Gasteiger partial charge < -0.3 is 15.3 Å². The van der Waals surface area contributed by atoms with Gasteiger partial charge in [-0.2, -0.15) is 0 Å². The molecule has 15 heavy (non-hydrogen) atoms. The third-order valence-electron chi connectivity index (χ3n) is 2.76. The molecular formula is C12H28N2O. The van der Waals surface area contributed by atoms with E-state index < -0.39 is 0 Å². The average Bonchev–Trinajstić information content (AvgIpc) is 2.21. The summed E-state index contributed by atoms with van der Waals surface area (Å²) in [7, 11) is 2.17. The Hall–Kier alpha value is -0.120. The lowest BCUT2D eigenvalue weighted by Crippen LogP contribution is -2.29. The Morgan fingerprint density at radius 3 is 2.33 bits per heavy atom. The molecule has 0 aromatic heterocycles. The predicted octanol–water partition coefficient (Wildman–Crippen LogP) is 1.47. The van der Waals surface area contributed by atoms with E-state index in [1.807, 2.05) is 0 Å². The molecule has 0 amide bonds. The van der Waals surface area contributed by atoms with Crippen molar-refractivity contribution in [3.05, 3.63) is 0 Å². The second-order valence-corrected chi connectivity index (χ2v) is 4.46. The van der Waals surface area contributed by atoms with Gasteiger partial charge in [0.05, 0.1) is 0 Å². The molecule has 0 bridgehead atoms. The predicted molar refractivity (Wildman–Crippen MR) is 66.2 cm³/mol. The van der Waals surface area contributed by atoms with Crippen LogP contribution in [0.15, 0.2) is 0 Å². The van der Waals surface area contributed by atoms with Crippen molar-refractivity contribution >= 4 is 0 Å². The van der Waals surface area contributed by atoms with Crippen molar-refractivity contribution in [1.29, 1.82) is 0 Å². The minimum absolute atomic E-state index is 0.333. The van der Waals surface area contributed by atoms with Crippen molar-refractivity contribution in [3.63, 3.8) is 0 Å². The molecule has 0 aliphatic carbocycles. The first-order valence-corrected chi connectivity index (χ1v) is 6.20. The Kier molecular flexibility index (Phi) is 10.3. The third kappa shape index (κ3) is 10.2. The molecule has 0 fully saturated rings. The van der Waals surface area contributed by atoms with Crippen LogP contribution >= 0.6 is 0 Å².